The van der Waals surface area contributed by atoms with Gasteiger partial charge in [-0.05, 0) is 103 Å². The molecule has 3 amide bonds. The third kappa shape index (κ3) is 5.64. The van der Waals surface area contributed by atoms with Crippen molar-refractivity contribution in [3.05, 3.63) is 75.6 Å². The summed E-state index contributed by atoms with van der Waals surface area (Å²) in [7, 11) is 3.25. The van der Waals surface area contributed by atoms with Gasteiger partial charge in [-0.15, -0.1) is 10.2 Å². The van der Waals surface area contributed by atoms with Crippen LogP contribution in [0.25, 0.3) is 0 Å². The van der Waals surface area contributed by atoms with E-state index in [-0.39, 0.29) is 42.4 Å². The molecule has 250 valence electrons. The number of piperidine rings is 1. The van der Waals surface area contributed by atoms with Gasteiger partial charge in [-0.1, -0.05) is 36.6 Å². The third-order valence-electron chi connectivity index (χ3n) is 11.3. The minimum atomic E-state index is -0.904. The summed E-state index contributed by atoms with van der Waals surface area (Å²) in [5, 5.41) is 35.0. The van der Waals surface area contributed by atoms with Crippen molar-refractivity contribution in [1.29, 1.82) is 5.26 Å². The lowest BCUT2D eigenvalue weighted by Crippen LogP contribution is -2.50. The van der Waals surface area contributed by atoms with Crippen LogP contribution in [-0.2, 0) is 23.1 Å². The van der Waals surface area contributed by atoms with E-state index in [1.165, 1.54) is 6.42 Å². The fraction of sp³-hybridized carbons (Fsp3) is 0.528. The predicted octanol–water partition coefficient (Wildman–Crippen LogP) is 2.79. The van der Waals surface area contributed by atoms with Crippen molar-refractivity contribution in [2.45, 2.75) is 87.7 Å². The molecule has 0 spiro atoms. The molecule has 3 aromatic rings. The molecular formula is C36H43N9O3. The molecule has 0 bridgehead atoms. The van der Waals surface area contributed by atoms with E-state index in [2.05, 4.69) is 42.6 Å². The van der Waals surface area contributed by atoms with Gasteiger partial charge in [-0.2, -0.15) is 10.5 Å². The molecule has 3 aliphatic carbocycles. The second kappa shape index (κ2) is 13.1. The normalized spacial score (nSPS) is 23.1. The van der Waals surface area contributed by atoms with E-state index in [9.17, 15) is 19.6 Å². The first-order chi connectivity index (χ1) is 23.4. The van der Waals surface area contributed by atoms with Crippen LogP contribution in [0.15, 0.2) is 36.4 Å². The summed E-state index contributed by atoms with van der Waals surface area (Å²) in [6.07, 6.45) is 9.10. The van der Waals surface area contributed by atoms with Gasteiger partial charge < -0.3 is 20.9 Å². The maximum atomic E-state index is 13.7. The zero-order chi connectivity index (χ0) is 33.4. The number of nitrogens with zero attached hydrogens (tertiary/aromatic N) is 5. The number of hydrogen-bond donors (Lipinski definition) is 4. The van der Waals surface area contributed by atoms with Gasteiger partial charge in [-0.25, -0.2) is 0 Å². The molecule has 4 aliphatic rings. The van der Waals surface area contributed by atoms with Crippen molar-refractivity contribution in [3.8, 4) is 6.07 Å². The fourth-order valence-corrected chi connectivity index (χ4v) is 8.83. The maximum Gasteiger partial charge on any atom is 0.251 e. The first-order valence-electron chi connectivity index (χ1n) is 17.3. The van der Waals surface area contributed by atoms with E-state index in [0.717, 1.165) is 60.8 Å². The number of hydrogen-bond acceptors (Lipinski definition) is 8. The molecule has 12 nitrogen and oxygen atoms in total. The summed E-state index contributed by atoms with van der Waals surface area (Å²) in [6.45, 7) is 0.149. The molecule has 1 unspecified atom stereocenters. The van der Waals surface area contributed by atoms with Gasteiger partial charge in [0, 0.05) is 37.3 Å². The Bertz CT molecular complexity index is 1680. The van der Waals surface area contributed by atoms with Crippen LogP contribution in [0.4, 0.5) is 0 Å². The second-order valence-electron chi connectivity index (χ2n) is 13.9. The van der Waals surface area contributed by atoms with Crippen LogP contribution in [0.1, 0.15) is 100 Å². The number of carbonyl (C=O) groups is 3. The van der Waals surface area contributed by atoms with Crippen molar-refractivity contribution < 1.29 is 14.4 Å². The lowest BCUT2D eigenvalue weighted by Gasteiger charge is -2.40. The van der Waals surface area contributed by atoms with Crippen molar-refractivity contribution in [2.24, 2.45) is 11.8 Å². The number of rotatable bonds is 9. The van der Waals surface area contributed by atoms with Crippen molar-refractivity contribution in [3.63, 3.8) is 0 Å². The number of aromatic amines is 1. The summed E-state index contributed by atoms with van der Waals surface area (Å²) in [6, 6.07) is 13.8. The summed E-state index contributed by atoms with van der Waals surface area (Å²) in [5.41, 5.74) is 4.22. The quantitative estimate of drug-likeness (QED) is 0.274. The van der Waals surface area contributed by atoms with Gasteiger partial charge in [0.25, 0.3) is 11.8 Å². The first kappa shape index (κ1) is 31.9. The number of nitrogens with one attached hydrogen (secondary N) is 4. The molecular weight excluding hydrogens is 606 g/mol. The topological polar surface area (TPSA) is 169 Å². The van der Waals surface area contributed by atoms with Crippen molar-refractivity contribution >= 4 is 17.7 Å². The third-order valence-corrected chi connectivity index (χ3v) is 11.3. The Balaban J connectivity index is 1.35. The average molecular weight is 650 g/mol. The van der Waals surface area contributed by atoms with Crippen LogP contribution in [0.2, 0.25) is 0 Å². The zero-order valence-corrected chi connectivity index (χ0v) is 27.6. The summed E-state index contributed by atoms with van der Waals surface area (Å²) < 4.78 is 0. The first-order valence-corrected chi connectivity index (χ1v) is 17.3. The van der Waals surface area contributed by atoms with Gasteiger partial charge in [0.05, 0.1) is 18.0 Å². The van der Waals surface area contributed by atoms with Gasteiger partial charge >= 0.3 is 0 Å². The van der Waals surface area contributed by atoms with Gasteiger partial charge in [-0.3, -0.25) is 14.4 Å². The van der Waals surface area contributed by atoms with Crippen molar-refractivity contribution in [2.75, 3.05) is 20.6 Å². The molecule has 12 heteroatoms. The van der Waals surface area contributed by atoms with Gasteiger partial charge in [0.15, 0.2) is 5.82 Å². The lowest BCUT2D eigenvalue weighted by atomic mass is 9.65. The highest BCUT2D eigenvalue weighted by atomic mass is 16.2. The SMILES string of the molecule is CNC(=O)c1ccc2c(c1)CCc1cc(C(=O)NC)ccc1C2(C[C@H](NCC(=O)N1C(C#N)C[C@@H]2C[C@@H]21)C1CCCCC1)c1nn[nH]n1. The molecule has 3 fully saturated rings. The number of carbonyl (C=O) groups excluding carboxylic acids is 3. The number of benzene rings is 2. The molecule has 48 heavy (non-hydrogen) atoms. The highest BCUT2D eigenvalue weighted by Crippen LogP contribution is 2.49. The number of fused-ring (bicyclic) bond motifs is 3. The Morgan fingerprint density at radius 3 is 2.19 bits per heavy atom. The number of tetrazole rings is 1. The summed E-state index contributed by atoms with van der Waals surface area (Å²) in [5.74, 6) is 0.913. The van der Waals surface area contributed by atoms with E-state index >= 15 is 0 Å². The summed E-state index contributed by atoms with van der Waals surface area (Å²) >= 11 is 0. The Hall–Kier alpha value is -4.63. The highest BCUT2D eigenvalue weighted by Gasteiger charge is 2.54. The maximum absolute atomic E-state index is 13.7. The number of H-pyrrole nitrogens is 1. The average Bonchev–Trinajstić information content (AvgIpc) is 3.50. The molecule has 1 saturated heterocycles. The monoisotopic (exact) mass is 649 g/mol. The van der Waals surface area contributed by atoms with Crippen LogP contribution in [0, 0.1) is 23.2 Å². The molecule has 0 radical (unpaired) electrons. The summed E-state index contributed by atoms with van der Waals surface area (Å²) in [4.78, 5) is 41.2. The van der Waals surface area contributed by atoms with E-state index in [4.69, 9.17) is 0 Å². The largest absolute Gasteiger partial charge is 0.355 e. The molecule has 4 N–H and O–H groups in total. The number of likely N-dealkylation sites (tertiary alicyclic amines) is 1. The van der Waals surface area contributed by atoms with Crippen LogP contribution >= 0.6 is 0 Å². The van der Waals surface area contributed by atoms with Crippen LogP contribution in [0.5, 0.6) is 0 Å². The van der Waals surface area contributed by atoms with E-state index in [1.807, 2.05) is 41.3 Å². The number of aromatic nitrogens is 4. The highest BCUT2D eigenvalue weighted by molar-refractivity contribution is 5.95. The molecule has 4 atom stereocenters. The minimum Gasteiger partial charge on any atom is -0.355 e. The standard InChI is InChI=1S/C36H43N9O3/c1-38-33(47)24-10-12-28-22(14-24)8-9-23-15-25(34(48)39-2)11-13-29(23)36(28,35-41-43-44-42-35)18-30(21-6-4-3-5-7-21)40-20-32(46)45-27(19-37)16-26-17-31(26)45/h10-15,21,26-27,30-31,40H,3-9,16-18,20H2,1-2H3,(H,38,47)(H,39,48)(H,41,42,43,44)/t26-,27?,30+,31+/m1/s1. The second-order valence-corrected chi connectivity index (χ2v) is 13.9. The van der Waals surface area contributed by atoms with E-state index in [0.29, 0.717) is 48.0 Å². The number of nitriles is 1. The predicted molar refractivity (Wildman–Crippen MR) is 177 cm³/mol. The Kier molecular flexibility index (Phi) is 8.73. The molecule has 2 saturated carbocycles. The minimum absolute atomic E-state index is 0.0203. The molecule has 1 aromatic heterocycles. The molecule has 2 aromatic carbocycles. The molecule has 7 rings (SSSR count). The lowest BCUT2D eigenvalue weighted by molar-refractivity contribution is -0.131. The van der Waals surface area contributed by atoms with Gasteiger partial charge in [0.1, 0.15) is 6.04 Å². The van der Waals surface area contributed by atoms with Gasteiger partial charge in [0.2, 0.25) is 5.91 Å². The number of amides is 3. The van der Waals surface area contributed by atoms with E-state index in [1.54, 1.807) is 14.1 Å². The Morgan fingerprint density at radius 1 is 0.979 bits per heavy atom. The molecule has 1 aliphatic heterocycles. The zero-order valence-electron chi connectivity index (χ0n) is 27.6. The van der Waals surface area contributed by atoms with Crippen LogP contribution in [-0.4, -0.2) is 82.0 Å². The smallest absolute Gasteiger partial charge is 0.251 e. The Labute approximate surface area is 280 Å². The van der Waals surface area contributed by atoms with Crippen LogP contribution in [0.3, 0.4) is 0 Å². The van der Waals surface area contributed by atoms with Crippen LogP contribution < -0.4 is 16.0 Å². The van der Waals surface area contributed by atoms with E-state index < -0.39 is 5.41 Å². The van der Waals surface area contributed by atoms with Crippen molar-refractivity contribution in [1.82, 2.24) is 41.5 Å². The molecule has 2 heterocycles. The fourth-order valence-electron chi connectivity index (χ4n) is 8.83. The number of aryl methyl sites for hydroxylation is 2. The Morgan fingerprint density at radius 2 is 1.62 bits per heavy atom.